The van der Waals surface area contributed by atoms with Crippen molar-refractivity contribution in [2.45, 2.75) is 25.9 Å². The lowest BCUT2D eigenvalue weighted by Gasteiger charge is -2.30. The van der Waals surface area contributed by atoms with Crippen molar-refractivity contribution >= 4 is 23.2 Å². The van der Waals surface area contributed by atoms with E-state index >= 15 is 0 Å². The van der Waals surface area contributed by atoms with E-state index in [0.717, 1.165) is 5.56 Å². The molecule has 0 saturated carbocycles. The Morgan fingerprint density at radius 3 is 2.75 bits per heavy atom. The van der Waals surface area contributed by atoms with Gasteiger partial charge in [-0.3, -0.25) is 4.79 Å². The molecule has 0 bridgehead atoms. The number of rotatable bonds is 8. The molecule has 2 rings (SSSR count). The van der Waals surface area contributed by atoms with Crippen molar-refractivity contribution < 1.29 is 23.1 Å². The smallest absolute Gasteiger partial charge is 0.471 e. The maximum atomic E-state index is 12.1. The first-order valence-corrected chi connectivity index (χ1v) is 8.94. The number of anilines is 1. The fraction of sp³-hybridized carbons (Fsp3) is 0.529. The van der Waals surface area contributed by atoms with Gasteiger partial charge < -0.3 is 20.7 Å². The van der Waals surface area contributed by atoms with Crippen LogP contribution in [0.25, 0.3) is 0 Å². The van der Waals surface area contributed by atoms with Crippen molar-refractivity contribution in [3.05, 3.63) is 29.0 Å². The number of alkyl halides is 3. The minimum atomic E-state index is -4.84. The Kier molecular flexibility index (Phi) is 7.61. The Hall–Kier alpha value is -2.37. The maximum absolute atomic E-state index is 12.1. The highest BCUT2D eigenvalue weighted by Crippen LogP contribution is 2.20. The van der Waals surface area contributed by atoms with Crippen LogP contribution >= 0.6 is 0 Å². The number of nitrogens with zero attached hydrogens (tertiary/aromatic N) is 2. The van der Waals surface area contributed by atoms with E-state index in [0.29, 0.717) is 49.8 Å². The molecule has 11 heteroatoms. The highest BCUT2D eigenvalue weighted by molar-refractivity contribution is 5.96. The van der Waals surface area contributed by atoms with Crippen molar-refractivity contribution in [2.75, 3.05) is 38.5 Å². The zero-order valence-electron chi connectivity index (χ0n) is 15.8. The summed E-state index contributed by atoms with van der Waals surface area (Å²) in [4.78, 5) is 17.0. The number of benzene rings is 1. The summed E-state index contributed by atoms with van der Waals surface area (Å²) in [5, 5.41) is 16.8. The summed E-state index contributed by atoms with van der Waals surface area (Å²) in [5.74, 6) is -1.51. The molecule has 0 spiro atoms. The Labute approximate surface area is 161 Å². The second-order valence-corrected chi connectivity index (χ2v) is 6.62. The number of nitrogens with one attached hydrogen (secondary N) is 4. The van der Waals surface area contributed by atoms with Crippen LogP contribution in [-0.4, -0.2) is 56.2 Å². The molecule has 8 nitrogen and oxygen atoms in total. The zero-order chi connectivity index (χ0) is 20.7. The van der Waals surface area contributed by atoms with Crippen LogP contribution in [0.3, 0.4) is 0 Å². The quantitative estimate of drug-likeness (QED) is 0.379. The average Bonchev–Trinajstić information content (AvgIpc) is 2.62. The van der Waals surface area contributed by atoms with E-state index in [2.05, 4.69) is 15.7 Å². The molecule has 0 aliphatic carbocycles. The van der Waals surface area contributed by atoms with Crippen molar-refractivity contribution in [3.8, 4) is 0 Å². The average molecular weight is 402 g/mol. The van der Waals surface area contributed by atoms with Gasteiger partial charge in [0.1, 0.15) is 5.69 Å². The molecular weight excluding hydrogens is 377 g/mol. The second-order valence-electron chi connectivity index (χ2n) is 6.62. The summed E-state index contributed by atoms with van der Waals surface area (Å²) in [5.41, 5.74) is 5.00. The first kappa shape index (κ1) is 21.9. The monoisotopic (exact) mass is 402 g/mol. The molecule has 1 aromatic carbocycles. The zero-order valence-corrected chi connectivity index (χ0v) is 15.8. The van der Waals surface area contributed by atoms with Gasteiger partial charge in [0.05, 0.1) is 0 Å². The van der Waals surface area contributed by atoms with Gasteiger partial charge in [-0.05, 0) is 51.5 Å². The van der Waals surface area contributed by atoms with Gasteiger partial charge >= 0.3 is 12.1 Å². The molecule has 0 aromatic heterocycles. The largest absolute Gasteiger partial charge is 0.603 e. The highest BCUT2D eigenvalue weighted by Gasteiger charge is 2.38. The predicted molar refractivity (Wildman–Crippen MR) is 100 cm³/mol. The molecular formula is C17H25F3N6O2. The Balaban J connectivity index is 1.65. The number of halogens is 3. The normalized spacial score (nSPS) is 17.8. The molecule has 156 valence electrons. The van der Waals surface area contributed by atoms with Gasteiger partial charge in [0.2, 0.25) is 5.96 Å². The Morgan fingerprint density at radius 1 is 1.32 bits per heavy atom. The molecule has 0 saturated heterocycles. The summed E-state index contributed by atoms with van der Waals surface area (Å²) in [6, 6.07) is 5.55. The third-order valence-corrected chi connectivity index (χ3v) is 4.13. The van der Waals surface area contributed by atoms with Crippen molar-refractivity contribution in [1.29, 1.82) is 0 Å². The molecule has 1 aliphatic heterocycles. The number of carbonyl (C=O) groups is 1. The van der Waals surface area contributed by atoms with Gasteiger partial charge in [-0.25, -0.2) is 10.2 Å². The van der Waals surface area contributed by atoms with Gasteiger partial charge in [0.15, 0.2) is 5.69 Å². The van der Waals surface area contributed by atoms with Crippen LogP contribution in [0.1, 0.15) is 18.4 Å². The van der Waals surface area contributed by atoms with Gasteiger partial charge in [-0.1, -0.05) is 6.07 Å². The van der Waals surface area contributed by atoms with E-state index < -0.39 is 12.1 Å². The lowest BCUT2D eigenvalue weighted by molar-refractivity contribution is -0.816. The van der Waals surface area contributed by atoms with Crippen LogP contribution in [0.15, 0.2) is 23.2 Å². The number of hydrogen-bond acceptors (Lipinski definition) is 4. The standard InChI is InChI=1S/C17H25F3N6O2/c1-12-5-6-13-14(11-12)26(28)24-16(23-13)22-8-4-10-25(2)9-3-7-21-15(27)17(18,19)20/h5-6,11,26H,3-4,7-10H2,1-2H3,(H,21,27)(H2,22,23,24). The Morgan fingerprint density at radius 2 is 2.04 bits per heavy atom. The van der Waals surface area contributed by atoms with Crippen LogP contribution in [0.4, 0.5) is 24.5 Å². The van der Waals surface area contributed by atoms with Gasteiger partial charge in [-0.2, -0.15) is 18.6 Å². The molecule has 0 radical (unpaired) electrons. The summed E-state index contributed by atoms with van der Waals surface area (Å²) >= 11 is 0. The van der Waals surface area contributed by atoms with Crippen LogP contribution in [0.2, 0.25) is 0 Å². The van der Waals surface area contributed by atoms with Crippen molar-refractivity contribution in [2.24, 2.45) is 4.99 Å². The third kappa shape index (κ3) is 6.66. The fourth-order valence-corrected chi connectivity index (χ4v) is 2.66. The number of aliphatic imine (C=N–C) groups is 1. The second kappa shape index (κ2) is 9.71. The number of fused-ring (bicyclic) bond motifs is 1. The first-order chi connectivity index (χ1) is 13.2. The summed E-state index contributed by atoms with van der Waals surface area (Å²) in [6.45, 7) is 3.61. The maximum Gasteiger partial charge on any atom is 0.471 e. The SMILES string of the molecule is Cc1ccc2c(c1)[NH+]([O-])NC(=NCCCN(C)CCCNC(=O)C(F)(F)F)N2. The fourth-order valence-electron chi connectivity index (χ4n) is 2.66. The van der Waals surface area contributed by atoms with Crippen molar-refractivity contribution in [1.82, 2.24) is 15.6 Å². The first-order valence-electron chi connectivity index (χ1n) is 8.94. The van der Waals surface area contributed by atoms with Crippen LogP contribution in [-0.2, 0) is 4.79 Å². The van der Waals surface area contributed by atoms with E-state index in [1.165, 1.54) is 0 Å². The van der Waals surface area contributed by atoms with Crippen molar-refractivity contribution in [3.63, 3.8) is 0 Å². The summed E-state index contributed by atoms with van der Waals surface area (Å²) < 4.78 is 36.2. The number of aryl methyl sites for hydroxylation is 1. The van der Waals surface area contributed by atoms with Gasteiger partial charge in [0, 0.05) is 19.2 Å². The number of guanidine groups is 1. The van der Waals surface area contributed by atoms with Gasteiger partial charge in [-0.15, -0.1) is 0 Å². The van der Waals surface area contributed by atoms with E-state index in [4.69, 9.17) is 0 Å². The van der Waals surface area contributed by atoms with E-state index in [9.17, 15) is 23.2 Å². The minimum Gasteiger partial charge on any atom is -0.603 e. The molecule has 1 aromatic rings. The minimum absolute atomic E-state index is 0.0280. The number of hydrogen-bond donors (Lipinski definition) is 4. The number of amides is 1. The highest BCUT2D eigenvalue weighted by atomic mass is 19.4. The van der Waals surface area contributed by atoms with Crippen LogP contribution in [0.5, 0.6) is 0 Å². The summed E-state index contributed by atoms with van der Waals surface area (Å²) in [6.07, 6.45) is -3.71. The molecule has 0 fully saturated rings. The summed E-state index contributed by atoms with van der Waals surface area (Å²) in [7, 11) is 1.85. The lowest BCUT2D eigenvalue weighted by Crippen LogP contribution is -3.11. The van der Waals surface area contributed by atoms with E-state index in [1.807, 2.05) is 36.3 Å². The third-order valence-electron chi connectivity index (χ3n) is 4.13. The molecule has 1 aliphatic rings. The predicted octanol–water partition coefficient (Wildman–Crippen LogP) is 0.686. The van der Waals surface area contributed by atoms with E-state index in [-0.39, 0.29) is 11.7 Å². The molecule has 1 amide bonds. The molecule has 1 atom stereocenters. The van der Waals surface area contributed by atoms with Crippen LogP contribution in [0, 0.1) is 12.1 Å². The molecule has 4 N–H and O–H groups in total. The molecule has 28 heavy (non-hydrogen) atoms. The van der Waals surface area contributed by atoms with E-state index in [1.54, 1.807) is 6.07 Å². The van der Waals surface area contributed by atoms with Gasteiger partial charge in [0.25, 0.3) is 0 Å². The van der Waals surface area contributed by atoms with Crippen LogP contribution < -0.4 is 21.2 Å². The molecule has 1 heterocycles. The Bertz CT molecular complexity index is 711. The number of quaternary nitrogens is 1. The molecule has 1 unspecified atom stereocenters. The topological polar surface area (TPSA) is 96.3 Å². The lowest BCUT2D eigenvalue weighted by atomic mass is 10.2. The number of carbonyl (C=O) groups excluding carboxylic acids is 1.